The summed E-state index contributed by atoms with van der Waals surface area (Å²) < 4.78 is 7.13. The second-order valence-corrected chi connectivity index (χ2v) is 10.3. The number of benzene rings is 2. The van der Waals surface area contributed by atoms with Crippen molar-refractivity contribution < 1.29 is 9.53 Å². The first-order valence-corrected chi connectivity index (χ1v) is 12.5. The molecular formula is C28H27ClN4O2. The fourth-order valence-corrected chi connectivity index (χ4v) is 5.83. The molecule has 0 bridgehead atoms. The highest BCUT2D eigenvalue weighted by Crippen LogP contribution is 2.55. The Kier molecular flexibility index (Phi) is 5.49. The molecule has 4 aromatic rings. The van der Waals surface area contributed by atoms with Crippen molar-refractivity contribution in [3.8, 4) is 17.0 Å². The van der Waals surface area contributed by atoms with Gasteiger partial charge in [-0.05, 0) is 66.0 Å². The maximum atomic E-state index is 13.3. The van der Waals surface area contributed by atoms with Crippen molar-refractivity contribution in [1.29, 1.82) is 0 Å². The van der Waals surface area contributed by atoms with Crippen LogP contribution in [0.4, 0.5) is 0 Å². The first-order valence-electron chi connectivity index (χ1n) is 12.1. The number of carbonyl (C=O) groups excluding carboxylic acids is 1. The standard InChI is InChI=1S/C28H27ClN4O2/c1-35-25-12-20(7-10-30-25)19-5-3-18(4-6-19)17-33-26-21(16-31-33)11-22(29)13-24(26)27(34)32-23-14-28(15-23)8-2-9-28/h3-7,10-13,16,23H,2,8-9,14-15,17H2,1H3,(H,32,34). The second-order valence-electron chi connectivity index (χ2n) is 9.91. The zero-order valence-corrected chi connectivity index (χ0v) is 20.4. The number of fused-ring (bicyclic) bond motifs is 1. The fraction of sp³-hybridized carbons (Fsp3) is 0.321. The number of hydrogen-bond acceptors (Lipinski definition) is 4. The fourth-order valence-electron chi connectivity index (χ4n) is 5.60. The van der Waals surface area contributed by atoms with Crippen molar-refractivity contribution in [2.24, 2.45) is 5.41 Å². The van der Waals surface area contributed by atoms with Crippen molar-refractivity contribution in [2.75, 3.05) is 7.11 Å². The minimum absolute atomic E-state index is 0.0691. The number of hydrogen-bond donors (Lipinski definition) is 1. The van der Waals surface area contributed by atoms with Crippen LogP contribution in [-0.2, 0) is 6.54 Å². The van der Waals surface area contributed by atoms with Crippen LogP contribution in [0, 0.1) is 5.41 Å². The highest BCUT2D eigenvalue weighted by atomic mass is 35.5. The monoisotopic (exact) mass is 486 g/mol. The van der Waals surface area contributed by atoms with Crippen molar-refractivity contribution in [2.45, 2.75) is 44.7 Å². The minimum atomic E-state index is -0.0691. The molecule has 7 heteroatoms. The van der Waals surface area contributed by atoms with Gasteiger partial charge in [-0.25, -0.2) is 4.98 Å². The Morgan fingerprint density at radius 1 is 1.14 bits per heavy atom. The van der Waals surface area contributed by atoms with Crippen LogP contribution in [-0.4, -0.2) is 33.8 Å². The summed E-state index contributed by atoms with van der Waals surface area (Å²) in [4.78, 5) is 17.4. The molecule has 1 amide bonds. The van der Waals surface area contributed by atoms with Gasteiger partial charge in [0.15, 0.2) is 0 Å². The molecule has 2 aliphatic carbocycles. The third-order valence-electron chi connectivity index (χ3n) is 7.61. The summed E-state index contributed by atoms with van der Waals surface area (Å²) >= 11 is 6.37. The molecule has 2 saturated carbocycles. The molecule has 35 heavy (non-hydrogen) atoms. The normalized spacial score (nSPS) is 16.6. The molecule has 1 N–H and O–H groups in total. The van der Waals surface area contributed by atoms with Crippen LogP contribution in [0.25, 0.3) is 22.0 Å². The van der Waals surface area contributed by atoms with Crippen molar-refractivity contribution in [3.05, 3.63) is 77.1 Å². The number of amides is 1. The van der Waals surface area contributed by atoms with Crippen LogP contribution in [0.3, 0.4) is 0 Å². The predicted octanol–water partition coefficient (Wildman–Crippen LogP) is 5.87. The lowest BCUT2D eigenvalue weighted by Gasteiger charge is -2.54. The molecule has 6 rings (SSSR count). The summed E-state index contributed by atoms with van der Waals surface area (Å²) in [6.45, 7) is 0.553. The summed E-state index contributed by atoms with van der Waals surface area (Å²) in [7, 11) is 1.61. The average molecular weight is 487 g/mol. The second kappa shape index (κ2) is 8.68. The molecule has 0 unspecified atom stereocenters. The summed E-state index contributed by atoms with van der Waals surface area (Å²) in [6.07, 6.45) is 9.65. The van der Waals surface area contributed by atoms with Crippen molar-refractivity contribution in [3.63, 3.8) is 0 Å². The van der Waals surface area contributed by atoms with Gasteiger partial charge in [-0.1, -0.05) is 42.3 Å². The van der Waals surface area contributed by atoms with E-state index in [0.29, 0.717) is 28.4 Å². The largest absolute Gasteiger partial charge is 0.481 e. The van der Waals surface area contributed by atoms with Gasteiger partial charge in [0, 0.05) is 28.7 Å². The number of carbonyl (C=O) groups is 1. The van der Waals surface area contributed by atoms with Crippen LogP contribution in [0.15, 0.2) is 60.9 Å². The number of ether oxygens (including phenoxy) is 1. The van der Waals surface area contributed by atoms with Gasteiger partial charge in [0.2, 0.25) is 5.88 Å². The molecule has 0 atom stereocenters. The third-order valence-corrected chi connectivity index (χ3v) is 7.83. The van der Waals surface area contributed by atoms with E-state index in [4.69, 9.17) is 16.3 Å². The van der Waals surface area contributed by atoms with E-state index >= 15 is 0 Å². The Hall–Kier alpha value is -3.38. The smallest absolute Gasteiger partial charge is 0.253 e. The quantitative estimate of drug-likeness (QED) is 0.370. The van der Waals surface area contributed by atoms with Crippen LogP contribution in [0.2, 0.25) is 5.02 Å². The van der Waals surface area contributed by atoms with E-state index in [9.17, 15) is 4.79 Å². The topological polar surface area (TPSA) is 69.0 Å². The lowest BCUT2D eigenvalue weighted by molar-refractivity contribution is -0.000604. The van der Waals surface area contributed by atoms with Gasteiger partial charge in [0.1, 0.15) is 0 Å². The average Bonchev–Trinajstić information content (AvgIpc) is 3.22. The van der Waals surface area contributed by atoms with E-state index in [1.807, 2.05) is 22.9 Å². The van der Waals surface area contributed by atoms with E-state index in [2.05, 4.69) is 39.7 Å². The van der Waals surface area contributed by atoms with Gasteiger partial charge < -0.3 is 10.1 Å². The van der Waals surface area contributed by atoms with Crippen molar-refractivity contribution in [1.82, 2.24) is 20.1 Å². The SMILES string of the molecule is COc1cc(-c2ccc(Cn3ncc4cc(Cl)cc(C(=O)NC5CC6(CCC6)C5)c43)cc2)ccn1. The van der Waals surface area contributed by atoms with Crippen LogP contribution in [0.1, 0.15) is 48.0 Å². The zero-order valence-electron chi connectivity index (χ0n) is 19.6. The molecule has 0 saturated heterocycles. The maximum absolute atomic E-state index is 13.3. The summed E-state index contributed by atoms with van der Waals surface area (Å²) in [5.41, 5.74) is 5.12. The molecule has 6 nitrogen and oxygen atoms in total. The Morgan fingerprint density at radius 2 is 1.94 bits per heavy atom. The number of aromatic nitrogens is 3. The zero-order chi connectivity index (χ0) is 24.0. The van der Waals surface area contributed by atoms with Crippen molar-refractivity contribution >= 4 is 28.4 Å². The predicted molar refractivity (Wildman–Crippen MR) is 137 cm³/mol. The van der Waals surface area contributed by atoms with Gasteiger partial charge in [-0.2, -0.15) is 5.10 Å². The molecule has 2 aliphatic rings. The molecule has 2 heterocycles. The van der Waals surface area contributed by atoms with E-state index in [1.54, 1.807) is 25.6 Å². The molecule has 0 radical (unpaired) electrons. The highest BCUT2D eigenvalue weighted by molar-refractivity contribution is 6.32. The van der Waals surface area contributed by atoms with E-state index in [1.165, 1.54) is 19.3 Å². The molecular weight excluding hydrogens is 460 g/mol. The van der Waals surface area contributed by atoms with E-state index in [0.717, 1.165) is 40.4 Å². The molecule has 2 aromatic carbocycles. The van der Waals surface area contributed by atoms with Gasteiger partial charge in [0.25, 0.3) is 5.91 Å². The lowest BCUT2D eigenvalue weighted by Crippen LogP contribution is -2.53. The van der Waals surface area contributed by atoms with Crippen LogP contribution < -0.4 is 10.1 Å². The number of pyridine rings is 1. The number of rotatable bonds is 6. The third kappa shape index (κ3) is 4.16. The number of nitrogens with one attached hydrogen (secondary N) is 1. The first-order chi connectivity index (χ1) is 17.0. The molecule has 178 valence electrons. The first kappa shape index (κ1) is 22.1. The molecule has 1 spiro atoms. The Bertz CT molecular complexity index is 1400. The summed E-state index contributed by atoms with van der Waals surface area (Å²) in [5.74, 6) is 0.518. The summed E-state index contributed by atoms with van der Waals surface area (Å²) in [6, 6.07) is 16.1. The Morgan fingerprint density at radius 3 is 2.66 bits per heavy atom. The number of nitrogens with zero attached hydrogens (tertiary/aromatic N) is 3. The van der Waals surface area contributed by atoms with Gasteiger partial charge >= 0.3 is 0 Å². The van der Waals surface area contributed by atoms with Crippen LogP contribution >= 0.6 is 11.6 Å². The lowest BCUT2D eigenvalue weighted by atomic mass is 9.54. The van der Waals surface area contributed by atoms with E-state index in [-0.39, 0.29) is 11.9 Å². The van der Waals surface area contributed by atoms with Gasteiger partial charge in [-0.15, -0.1) is 0 Å². The highest BCUT2D eigenvalue weighted by Gasteiger charge is 2.48. The molecule has 0 aliphatic heterocycles. The Labute approximate surface area is 209 Å². The number of methoxy groups -OCH3 is 1. The maximum Gasteiger partial charge on any atom is 0.253 e. The van der Waals surface area contributed by atoms with Crippen LogP contribution in [0.5, 0.6) is 5.88 Å². The molecule has 2 fully saturated rings. The number of halogens is 1. The van der Waals surface area contributed by atoms with Gasteiger partial charge in [-0.3, -0.25) is 9.48 Å². The van der Waals surface area contributed by atoms with E-state index < -0.39 is 0 Å². The molecule has 2 aromatic heterocycles. The Balaban J connectivity index is 1.24. The minimum Gasteiger partial charge on any atom is -0.481 e. The summed E-state index contributed by atoms with van der Waals surface area (Å²) in [5, 5.41) is 9.24. The van der Waals surface area contributed by atoms with Gasteiger partial charge in [0.05, 0.1) is 30.9 Å².